The summed E-state index contributed by atoms with van der Waals surface area (Å²) in [5.74, 6) is -0.137. The molecule has 300 valence electrons. The summed E-state index contributed by atoms with van der Waals surface area (Å²) in [6.07, 6.45) is 5.36. The molecule has 0 aliphatic carbocycles. The van der Waals surface area contributed by atoms with Gasteiger partial charge in [0.1, 0.15) is 13.1 Å². The second-order valence-corrected chi connectivity index (χ2v) is 33.1. The molecule has 2 aromatic rings. The number of aldehydes is 1. The monoisotopic (exact) mass is 784 g/mol. The van der Waals surface area contributed by atoms with Gasteiger partial charge in [-0.25, -0.2) is 0 Å². The lowest BCUT2D eigenvalue weighted by Gasteiger charge is -2.45. The molecule has 0 bridgehead atoms. The van der Waals surface area contributed by atoms with E-state index in [1.807, 2.05) is 6.92 Å². The fourth-order valence-corrected chi connectivity index (χ4v) is 13.8. The van der Waals surface area contributed by atoms with E-state index in [9.17, 15) is 4.79 Å². The maximum absolute atomic E-state index is 12.0. The summed E-state index contributed by atoms with van der Waals surface area (Å²) in [4.78, 5) is 12.0. The number of rotatable bonds is 20. The number of hydrogen-bond donors (Lipinski definition) is 0. The molecule has 6 nitrogen and oxygen atoms in total. The van der Waals surface area contributed by atoms with Crippen molar-refractivity contribution in [3.63, 3.8) is 0 Å². The smallest absolute Gasteiger partial charge is 0.261 e. The number of carbonyl (C=O) groups is 1. The van der Waals surface area contributed by atoms with E-state index in [0.717, 1.165) is 6.29 Å². The van der Waals surface area contributed by atoms with Crippen molar-refractivity contribution in [3.8, 4) is 0 Å². The molecule has 6 atom stereocenters. The van der Waals surface area contributed by atoms with Crippen LogP contribution in [-0.4, -0.2) is 70.1 Å². The predicted octanol–water partition coefficient (Wildman–Crippen LogP) is 10.4. The lowest BCUT2D eigenvalue weighted by atomic mass is 9.92. The topological polar surface area (TPSA) is 63.2 Å². The zero-order chi connectivity index (χ0) is 40.5. The van der Waals surface area contributed by atoms with Crippen molar-refractivity contribution in [3.05, 3.63) is 72.8 Å². The van der Waals surface area contributed by atoms with Gasteiger partial charge in [0.2, 0.25) is 0 Å². The highest BCUT2D eigenvalue weighted by atomic mass is 28.4. The fraction of sp³-hybridized carbons (Fsp3) is 0.659. The van der Waals surface area contributed by atoms with Gasteiger partial charge in [-0.3, -0.25) is 0 Å². The summed E-state index contributed by atoms with van der Waals surface area (Å²) in [5, 5.41) is 2.50. The Morgan fingerprint density at radius 1 is 0.660 bits per heavy atom. The molecule has 2 aromatic carbocycles. The van der Waals surface area contributed by atoms with Crippen molar-refractivity contribution in [1.29, 1.82) is 0 Å². The van der Waals surface area contributed by atoms with Gasteiger partial charge < -0.3 is 27.5 Å². The molecule has 53 heavy (non-hydrogen) atoms. The average Bonchev–Trinajstić information content (AvgIpc) is 3.06. The number of ether oxygens (including phenoxy) is 2. The number of benzene rings is 2. The molecule has 0 amide bonds. The summed E-state index contributed by atoms with van der Waals surface area (Å²) < 4.78 is 33.2. The molecule has 0 saturated heterocycles. The van der Waals surface area contributed by atoms with Crippen LogP contribution in [0.2, 0.25) is 41.3 Å². The molecular formula is C44H76O6Si3. The average molecular weight is 785 g/mol. The lowest BCUT2D eigenvalue weighted by molar-refractivity contribution is -0.125. The highest BCUT2D eigenvalue weighted by Crippen LogP contribution is 2.42. The molecule has 2 rings (SSSR count). The van der Waals surface area contributed by atoms with Crippen molar-refractivity contribution in [2.75, 3.05) is 20.5 Å². The zero-order valence-electron chi connectivity index (χ0n) is 36.5. The van der Waals surface area contributed by atoms with E-state index in [0.29, 0.717) is 13.0 Å². The Balaban J connectivity index is 2.62. The highest BCUT2D eigenvalue weighted by molar-refractivity contribution is 6.99. The van der Waals surface area contributed by atoms with E-state index in [4.69, 9.17) is 22.8 Å². The molecule has 0 saturated carbocycles. The first-order valence-corrected chi connectivity index (χ1v) is 27.4. The van der Waals surface area contributed by atoms with E-state index >= 15 is 0 Å². The van der Waals surface area contributed by atoms with Crippen molar-refractivity contribution >= 4 is 41.6 Å². The van der Waals surface area contributed by atoms with E-state index in [1.165, 1.54) is 10.4 Å². The van der Waals surface area contributed by atoms with E-state index in [1.54, 1.807) is 7.11 Å². The van der Waals surface area contributed by atoms with E-state index < -0.39 is 25.0 Å². The minimum atomic E-state index is -2.74. The lowest BCUT2D eigenvalue weighted by Crippen LogP contribution is -2.67. The molecule has 0 N–H and O–H groups in total. The third kappa shape index (κ3) is 12.7. The molecular weight excluding hydrogens is 709 g/mol. The maximum Gasteiger partial charge on any atom is 0.261 e. The van der Waals surface area contributed by atoms with Crippen molar-refractivity contribution in [1.82, 2.24) is 0 Å². The first kappa shape index (κ1) is 47.5. The van der Waals surface area contributed by atoms with Crippen LogP contribution in [0.4, 0.5) is 0 Å². The van der Waals surface area contributed by atoms with Crippen LogP contribution in [0.5, 0.6) is 0 Å². The van der Waals surface area contributed by atoms with Gasteiger partial charge in [0.05, 0.1) is 18.3 Å². The van der Waals surface area contributed by atoms with Gasteiger partial charge in [-0.15, -0.1) is 0 Å². The maximum atomic E-state index is 12.0. The van der Waals surface area contributed by atoms with Gasteiger partial charge in [-0.05, 0) is 57.6 Å². The van der Waals surface area contributed by atoms with Crippen LogP contribution in [0.15, 0.2) is 72.8 Å². The molecule has 0 aromatic heterocycles. The fourth-order valence-electron chi connectivity index (χ4n) is 6.41. The second-order valence-electron chi connectivity index (χ2n) is 19.3. The molecule has 0 aliphatic rings. The van der Waals surface area contributed by atoms with Crippen LogP contribution in [-0.2, 0) is 27.5 Å². The molecule has 0 radical (unpaired) electrons. The first-order valence-electron chi connectivity index (χ1n) is 19.7. The van der Waals surface area contributed by atoms with Crippen molar-refractivity contribution < 1.29 is 27.5 Å². The summed E-state index contributed by atoms with van der Waals surface area (Å²) in [6, 6.07) is 21.7. The third-order valence-electron chi connectivity index (χ3n) is 11.8. The Labute approximate surface area is 328 Å². The summed E-state index contributed by atoms with van der Waals surface area (Å²) in [6.45, 7) is 37.1. The first-order chi connectivity index (χ1) is 24.3. The van der Waals surface area contributed by atoms with Gasteiger partial charge >= 0.3 is 0 Å². The minimum absolute atomic E-state index is 0.0185. The molecule has 9 heteroatoms. The standard InChI is InChI=1S/C44H76O6Si3/c1-34(28-29-37(49-51(14,15)42(4,5)6)30-40(35(2)31-45)47-33-46-13)41(50-52(16,17)43(7,8)9)36(3)32-48-53(44(10,11)12,38-24-20-18-21-25-38)39-26-22-19-23-27-39/h18-29,31,34-37,40-41H,30,32-33H2,1-17H3/b29-28-/t34-,35+,36-,37+,40-,41-/m0/s1. The van der Waals surface area contributed by atoms with Crippen LogP contribution in [0, 0.1) is 17.8 Å². The summed E-state index contributed by atoms with van der Waals surface area (Å²) in [7, 11) is -5.50. The van der Waals surface area contributed by atoms with Crippen LogP contribution in [0.25, 0.3) is 0 Å². The van der Waals surface area contributed by atoms with Crippen molar-refractivity contribution in [2.24, 2.45) is 17.8 Å². The number of carbonyl (C=O) groups excluding carboxylic acids is 1. The second kappa shape index (κ2) is 19.4. The predicted molar refractivity (Wildman–Crippen MR) is 232 cm³/mol. The normalized spacial score (nSPS) is 17.3. The third-order valence-corrected chi connectivity index (χ3v) is 25.8. The molecule has 0 unspecified atom stereocenters. The zero-order valence-corrected chi connectivity index (χ0v) is 39.5. The van der Waals surface area contributed by atoms with Gasteiger partial charge in [-0.1, -0.05) is 156 Å². The Kier molecular flexibility index (Phi) is 17.4. The summed E-state index contributed by atoms with van der Waals surface area (Å²) >= 11 is 0. The molecule has 0 spiro atoms. The van der Waals surface area contributed by atoms with Crippen LogP contribution in [0.1, 0.15) is 89.5 Å². The van der Waals surface area contributed by atoms with Crippen LogP contribution >= 0.6 is 0 Å². The Hall–Kier alpha value is -1.70. The minimum Gasteiger partial charge on any atom is -0.413 e. The van der Waals surface area contributed by atoms with Gasteiger partial charge in [-0.2, -0.15) is 0 Å². The Morgan fingerprint density at radius 3 is 1.55 bits per heavy atom. The van der Waals surface area contributed by atoms with E-state index in [2.05, 4.69) is 175 Å². The Morgan fingerprint density at radius 2 is 1.13 bits per heavy atom. The van der Waals surface area contributed by atoms with E-state index in [-0.39, 0.29) is 58.0 Å². The Bertz CT molecular complexity index is 1350. The number of methoxy groups -OCH3 is 1. The molecule has 0 heterocycles. The van der Waals surface area contributed by atoms with Crippen molar-refractivity contribution in [2.45, 2.75) is 149 Å². The molecule has 0 fully saturated rings. The van der Waals surface area contributed by atoms with Crippen LogP contribution in [0.3, 0.4) is 0 Å². The highest BCUT2D eigenvalue weighted by Gasteiger charge is 2.51. The largest absolute Gasteiger partial charge is 0.413 e. The van der Waals surface area contributed by atoms with Crippen LogP contribution < -0.4 is 10.4 Å². The SMILES string of the molecule is COCO[C@@H](C[C@@H](/C=C\[C@H](C)[C@H](O[Si](C)(C)C(C)(C)C)[C@@H](C)CO[Si](c1ccccc1)(c1ccccc1)C(C)(C)C)O[Si](C)(C)C(C)(C)C)[C@H](C)C=O. The van der Waals surface area contributed by atoms with Gasteiger partial charge in [0.15, 0.2) is 16.6 Å². The van der Waals surface area contributed by atoms with Gasteiger partial charge in [0, 0.05) is 32.0 Å². The molecule has 0 aliphatic heterocycles. The van der Waals surface area contributed by atoms with Gasteiger partial charge in [0.25, 0.3) is 8.32 Å². The number of hydrogen-bond acceptors (Lipinski definition) is 6. The quantitative estimate of drug-likeness (QED) is 0.0577. The summed E-state index contributed by atoms with van der Waals surface area (Å²) in [5.41, 5.74) is 0.